The third-order valence-electron chi connectivity index (χ3n) is 4.61. The first kappa shape index (κ1) is 28.2. The van der Waals surface area contributed by atoms with Crippen molar-refractivity contribution < 1.29 is 19.4 Å². The number of unbranched alkanes of at least 4 members (excludes halogenated alkanes) is 15. The van der Waals surface area contributed by atoms with E-state index in [-0.39, 0.29) is 12.4 Å². The summed E-state index contributed by atoms with van der Waals surface area (Å²) in [6.07, 6.45) is 22.2. The van der Waals surface area contributed by atoms with E-state index in [2.05, 4.69) is 6.92 Å². The van der Waals surface area contributed by atoms with Crippen molar-refractivity contribution >= 4 is 11.9 Å². The van der Waals surface area contributed by atoms with Gasteiger partial charge in [-0.2, -0.15) is 0 Å². The minimum atomic E-state index is -0.745. The van der Waals surface area contributed by atoms with Crippen molar-refractivity contribution in [2.45, 2.75) is 130 Å². The molecule has 0 bridgehead atoms. The monoisotopic (exact) mass is 386 g/mol. The van der Waals surface area contributed by atoms with Gasteiger partial charge in [-0.1, -0.05) is 110 Å². The maximum Gasteiger partial charge on any atom is 0.303 e. The summed E-state index contributed by atoms with van der Waals surface area (Å²) >= 11 is 0. The van der Waals surface area contributed by atoms with Crippen LogP contribution in [0.4, 0.5) is 0 Å². The van der Waals surface area contributed by atoms with Gasteiger partial charge in [0.05, 0.1) is 6.61 Å². The fourth-order valence-electron chi connectivity index (χ4n) is 2.87. The van der Waals surface area contributed by atoms with Crippen molar-refractivity contribution in [3.05, 3.63) is 0 Å². The molecule has 0 spiro atoms. The Bertz CT molecular complexity index is 316. The molecule has 0 saturated heterocycles. The van der Waals surface area contributed by atoms with Crippen LogP contribution >= 0.6 is 0 Å². The Balaban J connectivity index is 0. The van der Waals surface area contributed by atoms with Crippen LogP contribution in [0.3, 0.4) is 0 Å². The van der Waals surface area contributed by atoms with E-state index in [0.717, 1.165) is 6.42 Å². The van der Waals surface area contributed by atoms with E-state index in [9.17, 15) is 9.59 Å². The zero-order valence-electron chi connectivity index (χ0n) is 18.4. The summed E-state index contributed by atoms with van der Waals surface area (Å²) in [6.45, 7) is 5.96. The second-order valence-corrected chi connectivity index (χ2v) is 7.39. The van der Waals surface area contributed by atoms with Crippen LogP contribution in [0.5, 0.6) is 0 Å². The van der Waals surface area contributed by atoms with Gasteiger partial charge in [-0.05, 0) is 6.42 Å². The number of carboxylic acid groups (broad SMARTS) is 1. The molecule has 0 aliphatic heterocycles. The van der Waals surface area contributed by atoms with Gasteiger partial charge in [0.1, 0.15) is 0 Å². The van der Waals surface area contributed by atoms with Crippen LogP contribution in [0.2, 0.25) is 0 Å². The number of hydrogen-bond donors (Lipinski definition) is 1. The largest absolute Gasteiger partial charge is 0.481 e. The van der Waals surface area contributed by atoms with Crippen LogP contribution in [0.25, 0.3) is 0 Å². The molecule has 0 fully saturated rings. The summed E-state index contributed by atoms with van der Waals surface area (Å²) in [4.78, 5) is 19.9. The van der Waals surface area contributed by atoms with E-state index in [4.69, 9.17) is 9.84 Å². The van der Waals surface area contributed by atoms with Crippen LogP contribution in [0.1, 0.15) is 130 Å². The second kappa shape index (κ2) is 24.9. The highest BCUT2D eigenvalue weighted by Gasteiger charge is 1.95. The first-order valence-corrected chi connectivity index (χ1v) is 11.4. The van der Waals surface area contributed by atoms with E-state index in [1.165, 1.54) is 103 Å². The molecule has 0 atom stereocenters. The second-order valence-electron chi connectivity index (χ2n) is 7.39. The summed E-state index contributed by atoms with van der Waals surface area (Å²) < 4.78 is 4.92. The van der Waals surface area contributed by atoms with Crippen molar-refractivity contribution in [3.63, 3.8) is 0 Å². The Morgan fingerprint density at radius 1 is 0.630 bits per heavy atom. The molecule has 4 heteroatoms. The number of carbonyl (C=O) groups is 2. The molecule has 0 radical (unpaired) electrons. The lowest BCUT2D eigenvalue weighted by Gasteiger charge is -2.04. The Morgan fingerprint density at radius 3 is 1.19 bits per heavy atom. The highest BCUT2D eigenvalue weighted by Crippen LogP contribution is 2.13. The molecule has 0 heterocycles. The van der Waals surface area contributed by atoms with E-state index < -0.39 is 5.97 Å². The van der Waals surface area contributed by atoms with Gasteiger partial charge in [0.15, 0.2) is 0 Å². The first-order chi connectivity index (χ1) is 13.0. The quantitative estimate of drug-likeness (QED) is 0.198. The number of esters is 1. The van der Waals surface area contributed by atoms with Gasteiger partial charge in [0, 0.05) is 13.3 Å². The number of rotatable bonds is 18. The Kier molecular flexibility index (Phi) is 26.0. The fourth-order valence-corrected chi connectivity index (χ4v) is 2.87. The molecular formula is C23H46O4. The van der Waals surface area contributed by atoms with Crippen molar-refractivity contribution in [3.8, 4) is 0 Å². The summed E-state index contributed by atoms with van der Waals surface area (Å²) in [5.74, 6) is -0.897. The molecule has 162 valence electrons. The molecule has 4 nitrogen and oxygen atoms in total. The summed E-state index contributed by atoms with van der Waals surface area (Å²) in [7, 11) is 0. The van der Waals surface area contributed by atoms with Crippen LogP contribution in [-0.4, -0.2) is 23.7 Å². The van der Waals surface area contributed by atoms with E-state index in [0.29, 0.717) is 6.61 Å². The molecule has 0 saturated carbocycles. The zero-order chi connectivity index (χ0) is 20.6. The molecule has 0 unspecified atom stereocenters. The maximum absolute atomic E-state index is 10.6. The summed E-state index contributed by atoms with van der Waals surface area (Å²) in [5.41, 5.74) is 0. The summed E-state index contributed by atoms with van der Waals surface area (Å²) in [6, 6.07) is 0. The predicted octanol–water partition coefficient (Wildman–Crippen LogP) is 7.29. The molecule has 0 rings (SSSR count). The number of hydrogen-bond acceptors (Lipinski definition) is 3. The van der Waals surface area contributed by atoms with E-state index in [1.807, 2.05) is 0 Å². The average Bonchev–Trinajstić information content (AvgIpc) is 2.64. The first-order valence-electron chi connectivity index (χ1n) is 11.4. The highest BCUT2D eigenvalue weighted by molar-refractivity contribution is 5.66. The van der Waals surface area contributed by atoms with Crippen LogP contribution in [0, 0.1) is 0 Å². The van der Waals surface area contributed by atoms with Gasteiger partial charge in [0.25, 0.3) is 0 Å². The zero-order valence-corrected chi connectivity index (χ0v) is 18.4. The lowest BCUT2D eigenvalue weighted by atomic mass is 10.0. The lowest BCUT2D eigenvalue weighted by Crippen LogP contribution is -2.00. The van der Waals surface area contributed by atoms with Crippen molar-refractivity contribution in [1.29, 1.82) is 0 Å². The minimum Gasteiger partial charge on any atom is -0.481 e. The Labute approximate surface area is 168 Å². The van der Waals surface area contributed by atoms with Gasteiger partial charge in [-0.25, -0.2) is 0 Å². The van der Waals surface area contributed by atoms with Crippen LogP contribution in [-0.2, 0) is 14.3 Å². The lowest BCUT2D eigenvalue weighted by molar-refractivity contribution is -0.141. The van der Waals surface area contributed by atoms with Gasteiger partial charge < -0.3 is 9.84 Å². The van der Waals surface area contributed by atoms with E-state index >= 15 is 0 Å². The predicted molar refractivity (Wildman–Crippen MR) is 114 cm³/mol. The van der Waals surface area contributed by atoms with Gasteiger partial charge in [-0.15, -0.1) is 0 Å². The number of carboxylic acids is 1. The maximum atomic E-state index is 10.6. The molecule has 0 aromatic heterocycles. The SMILES string of the molecule is CCC(=O)O.CCCCCCCCCCCCCCCCCCOC(C)=O. The van der Waals surface area contributed by atoms with Crippen molar-refractivity contribution in [2.24, 2.45) is 0 Å². The standard InChI is InChI=1S/C20H40O2.C3H6O2/c1-3-4-5-6-7-8-9-10-11-12-13-14-15-16-17-18-19-22-20(2)21;1-2-3(4)5/h3-19H2,1-2H3;2H2,1H3,(H,4,5). The molecule has 27 heavy (non-hydrogen) atoms. The smallest absolute Gasteiger partial charge is 0.303 e. The van der Waals surface area contributed by atoms with Crippen molar-refractivity contribution in [1.82, 2.24) is 0 Å². The Morgan fingerprint density at radius 2 is 0.926 bits per heavy atom. The number of ether oxygens (including phenoxy) is 1. The summed E-state index contributed by atoms with van der Waals surface area (Å²) in [5, 5.41) is 7.72. The number of carbonyl (C=O) groups excluding carboxylic acids is 1. The van der Waals surface area contributed by atoms with Gasteiger partial charge >= 0.3 is 11.9 Å². The topological polar surface area (TPSA) is 63.6 Å². The van der Waals surface area contributed by atoms with Crippen LogP contribution in [0.15, 0.2) is 0 Å². The molecule has 1 N–H and O–H groups in total. The highest BCUT2D eigenvalue weighted by atomic mass is 16.5. The van der Waals surface area contributed by atoms with E-state index in [1.54, 1.807) is 6.92 Å². The number of aliphatic carboxylic acids is 1. The average molecular weight is 387 g/mol. The van der Waals surface area contributed by atoms with Gasteiger partial charge in [-0.3, -0.25) is 9.59 Å². The minimum absolute atomic E-state index is 0.152. The van der Waals surface area contributed by atoms with Crippen LogP contribution < -0.4 is 0 Å². The molecular weight excluding hydrogens is 340 g/mol. The fraction of sp³-hybridized carbons (Fsp3) is 0.913. The third kappa shape index (κ3) is 33.0. The van der Waals surface area contributed by atoms with Crippen molar-refractivity contribution in [2.75, 3.05) is 6.61 Å². The van der Waals surface area contributed by atoms with Gasteiger partial charge in [0.2, 0.25) is 0 Å². The molecule has 0 aliphatic rings. The molecule has 0 amide bonds. The molecule has 0 aromatic carbocycles. The third-order valence-corrected chi connectivity index (χ3v) is 4.61. The molecule has 0 aliphatic carbocycles. The molecule has 0 aromatic rings. The normalized spacial score (nSPS) is 10.2. The Hall–Kier alpha value is -1.06.